The Kier molecular flexibility index (Phi) is 4.92. The molecule has 0 saturated heterocycles. The molecule has 1 unspecified atom stereocenters. The van der Waals surface area contributed by atoms with E-state index in [2.05, 4.69) is 15.0 Å². The molecular formula is C21H15F4N5O. The molecule has 0 saturated carbocycles. The van der Waals surface area contributed by atoms with Gasteiger partial charge in [0.25, 0.3) is 5.91 Å². The average Bonchev–Trinajstić information content (AvgIpc) is 3.01. The van der Waals surface area contributed by atoms with Gasteiger partial charge >= 0.3 is 0 Å². The maximum atomic E-state index is 14.7. The van der Waals surface area contributed by atoms with Crippen molar-refractivity contribution in [3.05, 3.63) is 83.2 Å². The number of alkyl halides is 1. The molecule has 3 aromatic rings. The van der Waals surface area contributed by atoms with Crippen molar-refractivity contribution in [1.29, 1.82) is 0 Å². The number of aliphatic imine (C=N–C) groups is 1. The fourth-order valence-electron chi connectivity index (χ4n) is 3.52. The highest BCUT2D eigenvalue weighted by Crippen LogP contribution is 2.42. The highest BCUT2D eigenvalue weighted by molar-refractivity contribution is 6.09. The summed E-state index contributed by atoms with van der Waals surface area (Å²) in [5, 5.41) is 0. The van der Waals surface area contributed by atoms with Gasteiger partial charge in [0.05, 0.1) is 0 Å². The highest BCUT2D eigenvalue weighted by atomic mass is 19.2. The molecule has 6 nitrogen and oxygen atoms in total. The smallest absolute Gasteiger partial charge is 0.266 e. The normalized spacial score (nSPS) is 18.4. The lowest BCUT2D eigenvalue weighted by Crippen LogP contribution is -2.41. The molecule has 2 N–H and O–H groups in total. The largest absolute Gasteiger partial charge is 0.369 e. The van der Waals surface area contributed by atoms with Crippen LogP contribution in [0.5, 0.6) is 0 Å². The van der Waals surface area contributed by atoms with Gasteiger partial charge in [-0.2, -0.15) is 4.39 Å². The van der Waals surface area contributed by atoms with Crippen LogP contribution in [0.3, 0.4) is 0 Å². The number of rotatable bonds is 4. The zero-order valence-corrected chi connectivity index (χ0v) is 16.1. The molecule has 31 heavy (non-hydrogen) atoms. The minimum absolute atomic E-state index is 0.101. The van der Waals surface area contributed by atoms with Crippen LogP contribution < -0.4 is 5.73 Å². The van der Waals surface area contributed by atoms with E-state index in [4.69, 9.17) is 5.73 Å². The van der Waals surface area contributed by atoms with Crippen LogP contribution in [0.2, 0.25) is 0 Å². The van der Waals surface area contributed by atoms with Crippen molar-refractivity contribution in [2.24, 2.45) is 10.7 Å². The van der Waals surface area contributed by atoms with E-state index in [-0.39, 0.29) is 28.2 Å². The van der Waals surface area contributed by atoms with Crippen molar-refractivity contribution in [2.45, 2.75) is 12.2 Å². The van der Waals surface area contributed by atoms with Crippen LogP contribution >= 0.6 is 0 Å². The number of benzene rings is 1. The lowest BCUT2D eigenvalue weighted by molar-refractivity contribution is -0.129. The van der Waals surface area contributed by atoms with Gasteiger partial charge in [0.1, 0.15) is 6.67 Å². The van der Waals surface area contributed by atoms with Crippen molar-refractivity contribution < 1.29 is 22.4 Å². The summed E-state index contributed by atoms with van der Waals surface area (Å²) in [5.74, 6) is -4.55. The number of hydrogen-bond acceptors (Lipinski definition) is 5. The van der Waals surface area contributed by atoms with Crippen molar-refractivity contribution in [2.75, 3.05) is 7.05 Å². The van der Waals surface area contributed by atoms with Crippen LogP contribution in [0.4, 0.5) is 17.6 Å². The number of nitrogens with zero attached hydrogens (tertiary/aromatic N) is 4. The van der Waals surface area contributed by atoms with Gasteiger partial charge in [-0.3, -0.25) is 14.7 Å². The summed E-state index contributed by atoms with van der Waals surface area (Å²) in [6, 6.07) is 5.81. The Morgan fingerprint density at radius 1 is 1.10 bits per heavy atom. The van der Waals surface area contributed by atoms with Crippen molar-refractivity contribution in [3.8, 4) is 11.1 Å². The standard InChI is InChI=1S/C21H15F4N5O/c1-30-19(31)21(29-20(30)26,13-5-11(8-22)9-27-10-13)12-6-15(17(24)16(23)7-12)14-3-2-4-28-18(14)25/h2-7,9-10H,8H2,1H3,(H2,26,29). The molecule has 158 valence electrons. The van der Waals surface area contributed by atoms with Crippen LogP contribution in [0, 0.1) is 17.6 Å². The Hall–Kier alpha value is -3.82. The van der Waals surface area contributed by atoms with Gasteiger partial charge in [-0.15, -0.1) is 0 Å². The van der Waals surface area contributed by atoms with E-state index in [1.165, 1.54) is 37.6 Å². The molecule has 0 aliphatic carbocycles. The number of pyridine rings is 2. The average molecular weight is 429 g/mol. The third-order valence-corrected chi connectivity index (χ3v) is 5.10. The summed E-state index contributed by atoms with van der Waals surface area (Å²) in [7, 11) is 1.36. The maximum absolute atomic E-state index is 14.7. The molecule has 1 atom stereocenters. The van der Waals surface area contributed by atoms with Crippen molar-refractivity contribution in [3.63, 3.8) is 0 Å². The van der Waals surface area contributed by atoms with E-state index >= 15 is 0 Å². The molecule has 1 aliphatic rings. The molecule has 1 aromatic carbocycles. The predicted molar refractivity (Wildman–Crippen MR) is 104 cm³/mol. The summed E-state index contributed by atoms with van der Waals surface area (Å²) in [6.45, 7) is -0.871. The van der Waals surface area contributed by atoms with E-state index in [0.717, 1.165) is 23.2 Å². The Labute approximate surface area is 174 Å². The quantitative estimate of drug-likeness (QED) is 0.510. The molecule has 1 aliphatic heterocycles. The first-order chi connectivity index (χ1) is 14.8. The van der Waals surface area contributed by atoms with Gasteiger partial charge in [0, 0.05) is 47.9 Å². The van der Waals surface area contributed by atoms with Crippen molar-refractivity contribution >= 4 is 11.9 Å². The third-order valence-electron chi connectivity index (χ3n) is 5.10. The zero-order chi connectivity index (χ0) is 22.3. The SMILES string of the molecule is CN1C(=O)C(c2cncc(CF)c2)(c2cc(F)c(F)c(-c3cccnc3F)c2)N=C1N. The van der Waals surface area contributed by atoms with E-state index in [0.29, 0.717) is 0 Å². The minimum Gasteiger partial charge on any atom is -0.369 e. The number of carbonyl (C=O) groups excluding carboxylic acids is 1. The summed E-state index contributed by atoms with van der Waals surface area (Å²) in [5.41, 5.74) is 3.26. The monoisotopic (exact) mass is 429 g/mol. The van der Waals surface area contributed by atoms with Crippen LogP contribution in [0.25, 0.3) is 11.1 Å². The molecule has 1 amide bonds. The second-order valence-electron chi connectivity index (χ2n) is 6.92. The van der Waals surface area contributed by atoms with E-state index < -0.39 is 41.3 Å². The van der Waals surface area contributed by atoms with Crippen LogP contribution in [0.15, 0.2) is 53.9 Å². The minimum atomic E-state index is -1.96. The third kappa shape index (κ3) is 3.11. The number of halogens is 4. The first-order valence-corrected chi connectivity index (χ1v) is 9.04. The Morgan fingerprint density at radius 2 is 1.87 bits per heavy atom. The predicted octanol–water partition coefficient (Wildman–Crippen LogP) is 3.06. The number of carbonyl (C=O) groups is 1. The van der Waals surface area contributed by atoms with Gasteiger partial charge in [-0.1, -0.05) is 0 Å². The highest BCUT2D eigenvalue weighted by Gasteiger charge is 2.50. The van der Waals surface area contributed by atoms with E-state index in [1.54, 1.807) is 0 Å². The van der Waals surface area contributed by atoms with E-state index in [9.17, 15) is 22.4 Å². The first kappa shape index (κ1) is 20.5. The molecule has 2 aromatic heterocycles. The Balaban J connectivity index is 2.04. The summed E-state index contributed by atoms with van der Waals surface area (Å²) in [4.78, 5) is 25.9. The van der Waals surface area contributed by atoms with Crippen LogP contribution in [-0.2, 0) is 17.0 Å². The first-order valence-electron chi connectivity index (χ1n) is 9.04. The van der Waals surface area contributed by atoms with Gasteiger partial charge in [0.15, 0.2) is 23.1 Å². The Morgan fingerprint density at radius 3 is 2.52 bits per heavy atom. The summed E-state index contributed by atoms with van der Waals surface area (Å²) >= 11 is 0. The fraction of sp³-hybridized carbons (Fsp3) is 0.143. The summed E-state index contributed by atoms with van der Waals surface area (Å²) < 4.78 is 56.8. The Bertz CT molecular complexity index is 1230. The topological polar surface area (TPSA) is 84.5 Å². The second-order valence-corrected chi connectivity index (χ2v) is 6.92. The number of aromatic nitrogens is 2. The maximum Gasteiger partial charge on any atom is 0.266 e. The van der Waals surface area contributed by atoms with Crippen LogP contribution in [0.1, 0.15) is 16.7 Å². The van der Waals surface area contributed by atoms with Gasteiger partial charge in [-0.25, -0.2) is 23.1 Å². The molecule has 0 fully saturated rings. The van der Waals surface area contributed by atoms with Gasteiger partial charge < -0.3 is 5.73 Å². The summed E-state index contributed by atoms with van der Waals surface area (Å²) in [6.07, 6.45) is 3.68. The van der Waals surface area contributed by atoms with Gasteiger partial charge in [0.2, 0.25) is 5.95 Å². The van der Waals surface area contributed by atoms with E-state index in [1.807, 2.05) is 0 Å². The number of likely N-dealkylation sites (N-methyl/N-ethyl adjacent to an activating group) is 1. The zero-order valence-electron chi connectivity index (χ0n) is 16.1. The fourth-order valence-corrected chi connectivity index (χ4v) is 3.52. The van der Waals surface area contributed by atoms with Crippen molar-refractivity contribution in [1.82, 2.24) is 14.9 Å². The lowest BCUT2D eigenvalue weighted by atomic mass is 9.82. The molecule has 3 heterocycles. The number of nitrogens with two attached hydrogens (primary N) is 1. The van der Waals surface area contributed by atoms with Crippen LogP contribution in [-0.4, -0.2) is 33.8 Å². The molecule has 0 radical (unpaired) electrons. The second kappa shape index (κ2) is 7.46. The molecular weight excluding hydrogens is 414 g/mol. The van der Waals surface area contributed by atoms with Gasteiger partial charge in [-0.05, 0) is 35.9 Å². The molecule has 10 heteroatoms. The number of guanidine groups is 1. The number of amides is 1. The molecule has 0 bridgehead atoms. The molecule has 4 rings (SSSR count). The lowest BCUT2D eigenvalue weighted by Gasteiger charge is -2.26. The molecule has 0 spiro atoms. The number of hydrogen-bond donors (Lipinski definition) is 1.